The fourth-order valence-corrected chi connectivity index (χ4v) is 1.63. The zero-order valence-electron chi connectivity index (χ0n) is 10.1. The number of hydrogen-bond acceptors (Lipinski definition) is 2. The highest BCUT2D eigenvalue weighted by Gasteiger charge is 2.10. The molecule has 20 heavy (non-hydrogen) atoms. The maximum Gasteiger partial charge on any atom is 0.194 e. The van der Waals surface area contributed by atoms with Crippen LogP contribution in [0.4, 0.5) is 23.2 Å². The van der Waals surface area contributed by atoms with E-state index in [1.54, 1.807) is 6.07 Å². The molecule has 1 N–H and O–H groups in total. The van der Waals surface area contributed by atoms with E-state index in [-0.39, 0.29) is 17.8 Å². The molecule has 0 fully saturated rings. The number of nitriles is 1. The van der Waals surface area contributed by atoms with Crippen molar-refractivity contribution >= 4 is 5.69 Å². The minimum absolute atomic E-state index is 0.0456. The van der Waals surface area contributed by atoms with Crippen LogP contribution in [0.3, 0.4) is 0 Å². The molecule has 0 unspecified atom stereocenters. The number of benzene rings is 2. The maximum atomic E-state index is 13.1. The van der Waals surface area contributed by atoms with Gasteiger partial charge in [-0.05, 0) is 17.7 Å². The van der Waals surface area contributed by atoms with Crippen molar-refractivity contribution in [2.75, 3.05) is 5.32 Å². The summed E-state index contributed by atoms with van der Waals surface area (Å²) in [6.45, 7) is 0.111. The third-order valence-corrected chi connectivity index (χ3v) is 2.63. The lowest BCUT2D eigenvalue weighted by molar-refractivity contribution is 0.447. The Labute approximate surface area is 112 Å². The summed E-state index contributed by atoms with van der Waals surface area (Å²) < 4.78 is 51.8. The first kappa shape index (κ1) is 13.9. The van der Waals surface area contributed by atoms with Crippen LogP contribution in [0.15, 0.2) is 30.3 Å². The first-order valence-corrected chi connectivity index (χ1v) is 5.58. The second-order valence-corrected chi connectivity index (χ2v) is 4.03. The zero-order valence-corrected chi connectivity index (χ0v) is 10.1. The number of hydrogen-bond donors (Lipinski definition) is 1. The van der Waals surface area contributed by atoms with Crippen LogP contribution in [-0.2, 0) is 6.54 Å². The Balaban J connectivity index is 2.15. The molecule has 0 saturated heterocycles. The van der Waals surface area contributed by atoms with E-state index in [0.717, 1.165) is 18.2 Å². The van der Waals surface area contributed by atoms with Gasteiger partial charge in [0.25, 0.3) is 0 Å². The van der Waals surface area contributed by atoms with Gasteiger partial charge in [-0.1, -0.05) is 6.07 Å². The number of nitrogens with zero attached hydrogens (tertiary/aromatic N) is 1. The Morgan fingerprint density at radius 2 is 1.60 bits per heavy atom. The highest BCUT2D eigenvalue weighted by molar-refractivity contribution is 5.45. The lowest BCUT2D eigenvalue weighted by Crippen LogP contribution is -2.02. The molecule has 2 aromatic carbocycles. The fourth-order valence-electron chi connectivity index (χ4n) is 1.63. The van der Waals surface area contributed by atoms with Crippen molar-refractivity contribution in [1.82, 2.24) is 0 Å². The molecule has 0 saturated carbocycles. The van der Waals surface area contributed by atoms with Crippen molar-refractivity contribution in [3.63, 3.8) is 0 Å². The van der Waals surface area contributed by atoms with Gasteiger partial charge in [0.15, 0.2) is 17.5 Å². The Bertz CT molecular complexity index is 669. The summed E-state index contributed by atoms with van der Waals surface area (Å²) in [4.78, 5) is 0. The monoisotopic (exact) mass is 280 g/mol. The third kappa shape index (κ3) is 2.88. The molecule has 2 nitrogen and oxygen atoms in total. The first-order chi connectivity index (χ1) is 9.51. The van der Waals surface area contributed by atoms with Crippen molar-refractivity contribution in [2.45, 2.75) is 6.54 Å². The van der Waals surface area contributed by atoms with E-state index in [0.29, 0.717) is 5.56 Å². The summed E-state index contributed by atoms with van der Waals surface area (Å²) in [5.41, 5.74) is 0.470. The van der Waals surface area contributed by atoms with Gasteiger partial charge in [-0.3, -0.25) is 0 Å². The molecular weight excluding hydrogens is 272 g/mol. The zero-order chi connectivity index (χ0) is 14.7. The summed E-state index contributed by atoms with van der Waals surface area (Å²) in [5, 5.41) is 11.3. The summed E-state index contributed by atoms with van der Waals surface area (Å²) in [6.07, 6.45) is 0. The Kier molecular flexibility index (Phi) is 3.89. The highest BCUT2D eigenvalue weighted by Crippen LogP contribution is 2.18. The molecule has 0 aromatic heterocycles. The van der Waals surface area contributed by atoms with Crippen LogP contribution in [0, 0.1) is 34.6 Å². The van der Waals surface area contributed by atoms with Crippen molar-refractivity contribution < 1.29 is 17.6 Å². The molecule has 0 atom stereocenters. The predicted octanol–water partition coefficient (Wildman–Crippen LogP) is 3.73. The molecule has 0 heterocycles. The molecule has 0 amide bonds. The summed E-state index contributed by atoms with van der Waals surface area (Å²) in [7, 11) is 0. The van der Waals surface area contributed by atoms with Gasteiger partial charge in [0.1, 0.15) is 11.9 Å². The van der Waals surface area contributed by atoms with Crippen molar-refractivity contribution in [3.05, 3.63) is 64.7 Å². The molecule has 0 bridgehead atoms. The molecule has 2 aromatic rings. The van der Waals surface area contributed by atoms with E-state index in [9.17, 15) is 17.6 Å². The van der Waals surface area contributed by atoms with Crippen LogP contribution in [0.5, 0.6) is 0 Å². The Morgan fingerprint density at radius 3 is 2.20 bits per heavy atom. The van der Waals surface area contributed by atoms with Gasteiger partial charge in [0.05, 0.1) is 5.56 Å². The van der Waals surface area contributed by atoms with Crippen LogP contribution >= 0.6 is 0 Å². The van der Waals surface area contributed by atoms with Crippen LogP contribution in [-0.4, -0.2) is 0 Å². The topological polar surface area (TPSA) is 35.8 Å². The van der Waals surface area contributed by atoms with Crippen LogP contribution < -0.4 is 5.32 Å². The van der Waals surface area contributed by atoms with E-state index >= 15 is 0 Å². The van der Waals surface area contributed by atoms with E-state index < -0.39 is 23.3 Å². The number of anilines is 1. The summed E-state index contributed by atoms with van der Waals surface area (Å²) >= 11 is 0. The summed E-state index contributed by atoms with van der Waals surface area (Å²) in [5.74, 6) is -4.78. The summed E-state index contributed by atoms with van der Waals surface area (Å²) in [6, 6.07) is 7.19. The number of rotatable bonds is 3. The lowest BCUT2D eigenvalue weighted by Gasteiger charge is -2.08. The Hall–Kier alpha value is -2.55. The molecule has 0 aliphatic carbocycles. The molecule has 6 heteroatoms. The number of nitrogens with one attached hydrogen (secondary N) is 1. The van der Waals surface area contributed by atoms with E-state index in [1.165, 1.54) is 12.1 Å². The SMILES string of the molecule is N#Cc1cc(CNc2cc(F)c(F)c(F)c2)ccc1F. The minimum atomic E-state index is -1.54. The average molecular weight is 280 g/mol. The standard InChI is InChI=1S/C14H8F4N2/c15-11-2-1-8(3-9(11)6-19)7-20-10-4-12(16)14(18)13(17)5-10/h1-5,20H,7H2. The molecule has 0 spiro atoms. The molecule has 2 rings (SSSR count). The van der Waals surface area contributed by atoms with Gasteiger partial charge in [0.2, 0.25) is 0 Å². The van der Waals surface area contributed by atoms with Crippen molar-refractivity contribution in [3.8, 4) is 6.07 Å². The van der Waals surface area contributed by atoms with Crippen molar-refractivity contribution in [1.29, 1.82) is 5.26 Å². The second kappa shape index (κ2) is 5.61. The molecule has 0 aliphatic rings. The molecular formula is C14H8F4N2. The van der Waals surface area contributed by atoms with Crippen molar-refractivity contribution in [2.24, 2.45) is 0 Å². The van der Waals surface area contributed by atoms with Gasteiger partial charge in [-0.25, -0.2) is 17.6 Å². The average Bonchev–Trinajstić information content (AvgIpc) is 2.43. The van der Waals surface area contributed by atoms with Gasteiger partial charge >= 0.3 is 0 Å². The molecule has 0 radical (unpaired) electrons. The van der Waals surface area contributed by atoms with Gasteiger partial charge in [-0.15, -0.1) is 0 Å². The van der Waals surface area contributed by atoms with Crippen LogP contribution in [0.25, 0.3) is 0 Å². The second-order valence-electron chi connectivity index (χ2n) is 4.03. The quantitative estimate of drug-likeness (QED) is 0.687. The smallest absolute Gasteiger partial charge is 0.194 e. The lowest BCUT2D eigenvalue weighted by atomic mass is 10.1. The van der Waals surface area contributed by atoms with Crippen LogP contribution in [0.2, 0.25) is 0 Å². The van der Waals surface area contributed by atoms with E-state index in [2.05, 4.69) is 5.32 Å². The number of halogens is 4. The van der Waals surface area contributed by atoms with Gasteiger partial charge in [0, 0.05) is 24.4 Å². The van der Waals surface area contributed by atoms with Crippen LogP contribution in [0.1, 0.15) is 11.1 Å². The largest absolute Gasteiger partial charge is 0.381 e. The Morgan fingerprint density at radius 1 is 0.950 bits per heavy atom. The van der Waals surface area contributed by atoms with Gasteiger partial charge < -0.3 is 5.32 Å². The first-order valence-electron chi connectivity index (χ1n) is 5.58. The normalized spacial score (nSPS) is 10.2. The predicted molar refractivity (Wildman–Crippen MR) is 64.8 cm³/mol. The highest BCUT2D eigenvalue weighted by atomic mass is 19.2. The van der Waals surface area contributed by atoms with Gasteiger partial charge in [-0.2, -0.15) is 5.26 Å². The van der Waals surface area contributed by atoms with E-state index in [1.807, 2.05) is 0 Å². The maximum absolute atomic E-state index is 13.1. The van der Waals surface area contributed by atoms with E-state index in [4.69, 9.17) is 5.26 Å². The molecule has 102 valence electrons. The molecule has 0 aliphatic heterocycles. The fraction of sp³-hybridized carbons (Fsp3) is 0.0714. The third-order valence-electron chi connectivity index (χ3n) is 2.63. The minimum Gasteiger partial charge on any atom is -0.381 e.